The Bertz CT molecular complexity index is 742. The molecule has 0 atom stereocenters. The molecule has 2 aromatic carbocycles. The Kier molecular flexibility index (Phi) is 5.20. The molecule has 1 aliphatic rings. The first-order chi connectivity index (χ1) is 11.7. The molecule has 1 fully saturated rings. The standard InChI is InChI=1S/C18H19ClN2O3/c19-12-17(22)20-7-9-21(10-8-20)18(23)13-24-16-6-5-14-3-1-2-4-15(14)11-16/h1-6,11H,7-10,12-13H2. The molecule has 6 heteroatoms. The minimum atomic E-state index is -0.0869. The minimum absolute atomic E-state index is 0.00178. The molecule has 24 heavy (non-hydrogen) atoms. The van der Waals surface area contributed by atoms with Gasteiger partial charge < -0.3 is 14.5 Å². The molecule has 1 aliphatic heterocycles. The second-order valence-corrected chi connectivity index (χ2v) is 5.96. The van der Waals surface area contributed by atoms with Crippen molar-refractivity contribution in [3.8, 4) is 5.75 Å². The van der Waals surface area contributed by atoms with Crippen LogP contribution in [0.3, 0.4) is 0 Å². The molecule has 0 aromatic heterocycles. The fourth-order valence-electron chi connectivity index (χ4n) is 2.78. The fraction of sp³-hybridized carbons (Fsp3) is 0.333. The zero-order valence-electron chi connectivity index (χ0n) is 13.3. The second-order valence-electron chi connectivity index (χ2n) is 5.69. The molecule has 0 saturated carbocycles. The number of fused-ring (bicyclic) bond motifs is 1. The van der Waals surface area contributed by atoms with Crippen molar-refractivity contribution in [1.82, 2.24) is 9.80 Å². The van der Waals surface area contributed by atoms with Crippen LogP contribution in [-0.4, -0.2) is 60.3 Å². The minimum Gasteiger partial charge on any atom is -0.484 e. The van der Waals surface area contributed by atoms with E-state index in [1.54, 1.807) is 9.80 Å². The van der Waals surface area contributed by atoms with Crippen LogP contribution in [0, 0.1) is 0 Å². The van der Waals surface area contributed by atoms with Crippen molar-refractivity contribution in [2.45, 2.75) is 0 Å². The largest absolute Gasteiger partial charge is 0.484 e. The third-order valence-corrected chi connectivity index (χ3v) is 4.41. The van der Waals surface area contributed by atoms with Crippen LogP contribution < -0.4 is 4.74 Å². The maximum Gasteiger partial charge on any atom is 0.260 e. The van der Waals surface area contributed by atoms with Gasteiger partial charge in [-0.1, -0.05) is 30.3 Å². The quantitative estimate of drug-likeness (QED) is 0.797. The van der Waals surface area contributed by atoms with Crippen LogP contribution in [0.4, 0.5) is 0 Å². The van der Waals surface area contributed by atoms with Crippen molar-refractivity contribution in [2.75, 3.05) is 38.7 Å². The number of alkyl halides is 1. The van der Waals surface area contributed by atoms with Gasteiger partial charge in [0.1, 0.15) is 11.6 Å². The molecule has 0 radical (unpaired) electrons. The number of benzene rings is 2. The van der Waals surface area contributed by atoms with E-state index >= 15 is 0 Å². The Balaban J connectivity index is 1.53. The lowest BCUT2D eigenvalue weighted by molar-refractivity contribution is -0.139. The molecule has 1 heterocycles. The summed E-state index contributed by atoms with van der Waals surface area (Å²) >= 11 is 5.55. The Labute approximate surface area is 145 Å². The monoisotopic (exact) mass is 346 g/mol. The summed E-state index contributed by atoms with van der Waals surface area (Å²) in [4.78, 5) is 27.2. The van der Waals surface area contributed by atoms with E-state index in [1.165, 1.54) is 0 Å². The topological polar surface area (TPSA) is 49.9 Å². The first-order valence-electron chi connectivity index (χ1n) is 7.90. The fourth-order valence-corrected chi connectivity index (χ4v) is 2.95. The summed E-state index contributed by atoms with van der Waals surface area (Å²) in [5.41, 5.74) is 0. The van der Waals surface area contributed by atoms with Crippen LogP contribution in [0.2, 0.25) is 0 Å². The summed E-state index contributed by atoms with van der Waals surface area (Å²) in [6.45, 7) is 2.08. The number of amides is 2. The van der Waals surface area contributed by atoms with Gasteiger partial charge in [0.05, 0.1) is 0 Å². The van der Waals surface area contributed by atoms with E-state index in [9.17, 15) is 9.59 Å². The molecule has 0 N–H and O–H groups in total. The molecule has 0 bridgehead atoms. The zero-order valence-corrected chi connectivity index (χ0v) is 14.0. The summed E-state index contributed by atoms with van der Waals surface area (Å²) in [7, 11) is 0. The van der Waals surface area contributed by atoms with Crippen molar-refractivity contribution < 1.29 is 14.3 Å². The average molecular weight is 347 g/mol. The van der Waals surface area contributed by atoms with Gasteiger partial charge in [-0.2, -0.15) is 0 Å². The van der Waals surface area contributed by atoms with Crippen LogP contribution in [0.5, 0.6) is 5.75 Å². The first kappa shape index (κ1) is 16.6. The lowest BCUT2D eigenvalue weighted by Gasteiger charge is -2.34. The first-order valence-corrected chi connectivity index (χ1v) is 8.44. The predicted molar refractivity (Wildman–Crippen MR) is 93.3 cm³/mol. The van der Waals surface area contributed by atoms with Gasteiger partial charge in [-0.15, -0.1) is 11.6 Å². The average Bonchev–Trinajstić information content (AvgIpc) is 2.65. The molecule has 3 rings (SSSR count). The van der Waals surface area contributed by atoms with E-state index in [-0.39, 0.29) is 24.3 Å². The lowest BCUT2D eigenvalue weighted by atomic mass is 10.1. The number of nitrogens with zero attached hydrogens (tertiary/aromatic N) is 2. The smallest absolute Gasteiger partial charge is 0.260 e. The maximum absolute atomic E-state index is 12.3. The van der Waals surface area contributed by atoms with Crippen LogP contribution in [0.15, 0.2) is 42.5 Å². The van der Waals surface area contributed by atoms with Gasteiger partial charge in [0, 0.05) is 26.2 Å². The SMILES string of the molecule is O=C(CCl)N1CCN(C(=O)COc2ccc3ccccc3c2)CC1. The third kappa shape index (κ3) is 3.79. The summed E-state index contributed by atoms with van der Waals surface area (Å²) < 4.78 is 5.63. The van der Waals surface area contributed by atoms with Gasteiger partial charge in [-0.25, -0.2) is 0 Å². The molecular formula is C18H19ClN2O3. The highest BCUT2D eigenvalue weighted by molar-refractivity contribution is 6.27. The van der Waals surface area contributed by atoms with Crippen molar-refractivity contribution in [3.63, 3.8) is 0 Å². The summed E-state index contributed by atoms with van der Waals surface area (Å²) in [6, 6.07) is 13.8. The van der Waals surface area contributed by atoms with Crippen molar-refractivity contribution in [2.24, 2.45) is 0 Å². The molecule has 2 amide bonds. The van der Waals surface area contributed by atoms with Crippen LogP contribution in [-0.2, 0) is 9.59 Å². The van der Waals surface area contributed by atoms with Crippen LogP contribution in [0.25, 0.3) is 10.8 Å². The number of carbonyl (C=O) groups excluding carboxylic acids is 2. The molecule has 0 aliphatic carbocycles. The van der Waals surface area contributed by atoms with E-state index in [0.29, 0.717) is 31.9 Å². The van der Waals surface area contributed by atoms with Gasteiger partial charge in [-0.05, 0) is 22.9 Å². The van der Waals surface area contributed by atoms with E-state index in [2.05, 4.69) is 0 Å². The Morgan fingerprint density at radius 1 is 0.917 bits per heavy atom. The van der Waals surface area contributed by atoms with Crippen molar-refractivity contribution in [1.29, 1.82) is 0 Å². The van der Waals surface area contributed by atoms with E-state index in [0.717, 1.165) is 10.8 Å². The number of piperazine rings is 1. The van der Waals surface area contributed by atoms with Gasteiger partial charge in [0.15, 0.2) is 6.61 Å². The van der Waals surface area contributed by atoms with Crippen molar-refractivity contribution in [3.05, 3.63) is 42.5 Å². The second kappa shape index (κ2) is 7.53. The Morgan fingerprint density at radius 2 is 1.54 bits per heavy atom. The van der Waals surface area contributed by atoms with Gasteiger partial charge >= 0.3 is 0 Å². The van der Waals surface area contributed by atoms with Crippen LogP contribution >= 0.6 is 11.6 Å². The maximum atomic E-state index is 12.3. The number of hydrogen-bond donors (Lipinski definition) is 0. The highest BCUT2D eigenvalue weighted by atomic mass is 35.5. The number of hydrogen-bond acceptors (Lipinski definition) is 3. The highest BCUT2D eigenvalue weighted by Crippen LogP contribution is 2.20. The molecule has 1 saturated heterocycles. The van der Waals surface area contributed by atoms with Crippen molar-refractivity contribution >= 4 is 34.2 Å². The molecular weight excluding hydrogens is 328 g/mol. The van der Waals surface area contributed by atoms with Gasteiger partial charge in [0.25, 0.3) is 5.91 Å². The normalized spacial score (nSPS) is 14.7. The number of rotatable bonds is 4. The summed E-state index contributed by atoms with van der Waals surface area (Å²) in [5.74, 6) is 0.509. The predicted octanol–water partition coefficient (Wildman–Crippen LogP) is 2.13. The molecule has 126 valence electrons. The van der Waals surface area contributed by atoms with Crippen LogP contribution in [0.1, 0.15) is 0 Å². The highest BCUT2D eigenvalue weighted by Gasteiger charge is 2.23. The molecule has 2 aromatic rings. The summed E-state index contributed by atoms with van der Waals surface area (Å²) in [6.07, 6.45) is 0. The van der Waals surface area contributed by atoms with E-state index in [4.69, 9.17) is 16.3 Å². The number of carbonyl (C=O) groups is 2. The lowest BCUT2D eigenvalue weighted by Crippen LogP contribution is -2.51. The zero-order chi connectivity index (χ0) is 16.9. The molecule has 0 unspecified atom stereocenters. The van der Waals surface area contributed by atoms with E-state index < -0.39 is 0 Å². The molecule has 5 nitrogen and oxygen atoms in total. The number of ether oxygens (including phenoxy) is 1. The molecule has 0 spiro atoms. The van der Waals surface area contributed by atoms with Gasteiger partial charge in [0.2, 0.25) is 5.91 Å². The Hall–Kier alpha value is -2.27. The Morgan fingerprint density at radius 3 is 2.21 bits per heavy atom. The van der Waals surface area contributed by atoms with E-state index in [1.807, 2.05) is 42.5 Å². The summed E-state index contributed by atoms with van der Waals surface area (Å²) in [5, 5.41) is 2.21. The third-order valence-electron chi connectivity index (χ3n) is 4.18. The van der Waals surface area contributed by atoms with Gasteiger partial charge in [-0.3, -0.25) is 9.59 Å². The number of halogens is 1.